The van der Waals surface area contributed by atoms with Gasteiger partial charge in [-0.3, -0.25) is 0 Å². The maximum absolute atomic E-state index is 12.8. The molecule has 0 aromatic heterocycles. The highest BCUT2D eigenvalue weighted by molar-refractivity contribution is 7.88. The molecular formula is C14H23FN2O3S. The molecule has 5 nitrogen and oxygen atoms in total. The largest absolute Gasteiger partial charge is 0.387 e. The SMILES string of the molecule is CCN(CCCNCC(O)c1ccc(F)cc1)S(C)(=O)=O. The Balaban J connectivity index is 2.26. The molecule has 0 heterocycles. The molecule has 0 aliphatic carbocycles. The van der Waals surface area contributed by atoms with Gasteiger partial charge in [0.2, 0.25) is 10.0 Å². The highest BCUT2D eigenvalue weighted by Crippen LogP contribution is 2.12. The number of aliphatic hydroxyl groups excluding tert-OH is 1. The predicted octanol–water partition coefficient (Wildman–Crippen LogP) is 1.12. The van der Waals surface area contributed by atoms with E-state index in [2.05, 4.69) is 5.32 Å². The molecule has 1 aromatic rings. The van der Waals surface area contributed by atoms with Crippen molar-refractivity contribution in [3.05, 3.63) is 35.6 Å². The lowest BCUT2D eigenvalue weighted by Crippen LogP contribution is -2.33. The second kappa shape index (κ2) is 8.43. The third-order valence-electron chi connectivity index (χ3n) is 3.18. The van der Waals surface area contributed by atoms with Crippen molar-refractivity contribution in [2.45, 2.75) is 19.4 Å². The van der Waals surface area contributed by atoms with Crippen LogP contribution in [0.3, 0.4) is 0 Å². The number of sulfonamides is 1. The first-order valence-electron chi connectivity index (χ1n) is 6.94. The molecule has 1 rings (SSSR count). The highest BCUT2D eigenvalue weighted by Gasteiger charge is 2.13. The van der Waals surface area contributed by atoms with E-state index < -0.39 is 16.1 Å². The van der Waals surface area contributed by atoms with Crippen LogP contribution in [0.15, 0.2) is 24.3 Å². The van der Waals surface area contributed by atoms with E-state index in [1.165, 1.54) is 22.7 Å². The molecule has 1 unspecified atom stereocenters. The molecule has 1 aromatic carbocycles. The van der Waals surface area contributed by atoms with Crippen molar-refractivity contribution in [1.82, 2.24) is 9.62 Å². The van der Waals surface area contributed by atoms with Crippen molar-refractivity contribution in [3.63, 3.8) is 0 Å². The Morgan fingerprint density at radius 1 is 1.33 bits per heavy atom. The molecule has 0 fully saturated rings. The quantitative estimate of drug-likeness (QED) is 0.670. The standard InChI is InChI=1S/C14H23FN2O3S/c1-3-17(21(2,19)20)10-4-9-16-11-14(18)12-5-7-13(15)8-6-12/h5-8,14,16,18H,3-4,9-11H2,1-2H3. The fourth-order valence-electron chi connectivity index (χ4n) is 1.98. The van der Waals surface area contributed by atoms with Crippen molar-refractivity contribution in [2.75, 3.05) is 32.4 Å². The fraction of sp³-hybridized carbons (Fsp3) is 0.571. The van der Waals surface area contributed by atoms with Gasteiger partial charge in [0.15, 0.2) is 0 Å². The Labute approximate surface area is 125 Å². The highest BCUT2D eigenvalue weighted by atomic mass is 32.2. The summed E-state index contributed by atoms with van der Waals surface area (Å²) in [4.78, 5) is 0. The molecule has 0 aliphatic rings. The normalized spacial score (nSPS) is 13.6. The Hall–Kier alpha value is -1.02. The van der Waals surface area contributed by atoms with Gasteiger partial charge in [-0.1, -0.05) is 19.1 Å². The van der Waals surface area contributed by atoms with Crippen molar-refractivity contribution >= 4 is 10.0 Å². The van der Waals surface area contributed by atoms with E-state index in [4.69, 9.17) is 0 Å². The van der Waals surface area contributed by atoms with Crippen LogP contribution in [-0.4, -0.2) is 50.3 Å². The first-order valence-corrected chi connectivity index (χ1v) is 8.78. The molecule has 0 aliphatic heterocycles. The number of benzene rings is 1. The van der Waals surface area contributed by atoms with Gasteiger partial charge in [0.05, 0.1) is 12.4 Å². The summed E-state index contributed by atoms with van der Waals surface area (Å²) in [5.41, 5.74) is 0.648. The molecule has 0 bridgehead atoms. The van der Waals surface area contributed by atoms with Crippen LogP contribution in [0, 0.1) is 5.82 Å². The summed E-state index contributed by atoms with van der Waals surface area (Å²) < 4.78 is 36.9. The van der Waals surface area contributed by atoms with Crippen LogP contribution in [0.1, 0.15) is 25.0 Å². The summed E-state index contributed by atoms with van der Waals surface area (Å²) in [5, 5.41) is 13.0. The van der Waals surface area contributed by atoms with Crippen LogP contribution in [0.4, 0.5) is 4.39 Å². The zero-order valence-electron chi connectivity index (χ0n) is 12.4. The van der Waals surface area contributed by atoms with E-state index in [9.17, 15) is 17.9 Å². The molecule has 0 saturated heterocycles. The van der Waals surface area contributed by atoms with Gasteiger partial charge in [0, 0.05) is 19.6 Å². The van der Waals surface area contributed by atoms with Gasteiger partial charge < -0.3 is 10.4 Å². The number of halogens is 1. The molecule has 0 spiro atoms. The van der Waals surface area contributed by atoms with Gasteiger partial charge >= 0.3 is 0 Å². The lowest BCUT2D eigenvalue weighted by molar-refractivity contribution is 0.174. The van der Waals surface area contributed by atoms with Crippen molar-refractivity contribution in [1.29, 1.82) is 0 Å². The van der Waals surface area contributed by atoms with E-state index >= 15 is 0 Å². The van der Waals surface area contributed by atoms with E-state index in [0.29, 0.717) is 38.2 Å². The maximum Gasteiger partial charge on any atom is 0.211 e. The van der Waals surface area contributed by atoms with Gasteiger partial charge in [0.25, 0.3) is 0 Å². The smallest absolute Gasteiger partial charge is 0.211 e. The minimum Gasteiger partial charge on any atom is -0.387 e. The number of hydrogen-bond donors (Lipinski definition) is 2. The Morgan fingerprint density at radius 2 is 1.95 bits per heavy atom. The average Bonchev–Trinajstić information content (AvgIpc) is 2.41. The average molecular weight is 318 g/mol. The zero-order valence-corrected chi connectivity index (χ0v) is 13.2. The van der Waals surface area contributed by atoms with E-state index in [0.717, 1.165) is 0 Å². The fourth-order valence-corrected chi connectivity index (χ4v) is 2.91. The molecule has 120 valence electrons. The van der Waals surface area contributed by atoms with E-state index in [1.54, 1.807) is 19.1 Å². The molecule has 0 saturated carbocycles. The van der Waals surface area contributed by atoms with Crippen LogP contribution in [0.25, 0.3) is 0 Å². The van der Waals surface area contributed by atoms with Crippen molar-refractivity contribution < 1.29 is 17.9 Å². The van der Waals surface area contributed by atoms with Crippen molar-refractivity contribution in [3.8, 4) is 0 Å². The molecule has 7 heteroatoms. The molecule has 0 radical (unpaired) electrons. The van der Waals surface area contributed by atoms with E-state index in [1.807, 2.05) is 0 Å². The second-order valence-corrected chi connectivity index (χ2v) is 6.86. The number of rotatable bonds is 9. The third kappa shape index (κ3) is 6.52. The predicted molar refractivity (Wildman–Crippen MR) is 80.9 cm³/mol. The summed E-state index contributed by atoms with van der Waals surface area (Å²) in [6, 6.07) is 5.71. The van der Waals surface area contributed by atoms with Crippen LogP contribution in [-0.2, 0) is 10.0 Å². The lowest BCUT2D eigenvalue weighted by atomic mass is 10.1. The van der Waals surface area contributed by atoms with E-state index in [-0.39, 0.29) is 5.82 Å². The third-order valence-corrected chi connectivity index (χ3v) is 4.55. The summed E-state index contributed by atoms with van der Waals surface area (Å²) in [6.45, 7) is 3.65. The molecule has 2 N–H and O–H groups in total. The van der Waals surface area contributed by atoms with Gasteiger partial charge in [-0.25, -0.2) is 17.1 Å². The number of nitrogens with one attached hydrogen (secondary N) is 1. The molecule has 0 amide bonds. The molecule has 21 heavy (non-hydrogen) atoms. The lowest BCUT2D eigenvalue weighted by Gasteiger charge is -2.18. The maximum atomic E-state index is 12.8. The molecular weight excluding hydrogens is 295 g/mol. The van der Waals surface area contributed by atoms with Crippen LogP contribution in [0.5, 0.6) is 0 Å². The zero-order chi connectivity index (χ0) is 15.9. The number of aliphatic hydroxyl groups is 1. The Bertz CT molecular complexity index is 520. The number of hydrogen-bond acceptors (Lipinski definition) is 4. The van der Waals surface area contributed by atoms with Crippen LogP contribution in [0.2, 0.25) is 0 Å². The minimum absolute atomic E-state index is 0.334. The number of nitrogens with zero attached hydrogens (tertiary/aromatic N) is 1. The second-order valence-electron chi connectivity index (χ2n) is 4.88. The summed E-state index contributed by atoms with van der Waals surface area (Å²) in [6.07, 6.45) is 1.15. The van der Waals surface area contributed by atoms with Gasteiger partial charge in [-0.05, 0) is 30.7 Å². The van der Waals surface area contributed by atoms with Crippen molar-refractivity contribution in [2.24, 2.45) is 0 Å². The summed E-state index contributed by atoms with van der Waals surface area (Å²) >= 11 is 0. The van der Waals surface area contributed by atoms with Gasteiger partial charge in [-0.15, -0.1) is 0 Å². The topological polar surface area (TPSA) is 69.6 Å². The first kappa shape index (κ1) is 18.0. The Morgan fingerprint density at radius 3 is 2.48 bits per heavy atom. The van der Waals surface area contributed by atoms with Gasteiger partial charge in [0.1, 0.15) is 5.82 Å². The van der Waals surface area contributed by atoms with Crippen LogP contribution < -0.4 is 5.32 Å². The monoisotopic (exact) mass is 318 g/mol. The summed E-state index contributed by atoms with van der Waals surface area (Å²) in [5.74, 6) is -0.334. The first-order chi connectivity index (χ1) is 9.84. The minimum atomic E-state index is -3.14. The van der Waals surface area contributed by atoms with Crippen LogP contribution >= 0.6 is 0 Å². The summed E-state index contributed by atoms with van der Waals surface area (Å²) in [7, 11) is -3.14. The Kier molecular flexibility index (Phi) is 7.24. The van der Waals surface area contributed by atoms with Gasteiger partial charge in [-0.2, -0.15) is 0 Å². The molecule has 1 atom stereocenters.